The van der Waals surface area contributed by atoms with E-state index in [9.17, 15) is 18.0 Å². The number of nitrogens with zero attached hydrogens (tertiary/aromatic N) is 2. The van der Waals surface area contributed by atoms with Gasteiger partial charge in [0.05, 0.1) is 0 Å². The van der Waals surface area contributed by atoms with Crippen molar-refractivity contribution in [2.75, 3.05) is 0 Å². The summed E-state index contributed by atoms with van der Waals surface area (Å²) in [6, 6.07) is 16.0. The van der Waals surface area contributed by atoms with E-state index in [1.807, 2.05) is 6.07 Å². The highest BCUT2D eigenvalue weighted by Crippen LogP contribution is 2.37. The minimum absolute atomic E-state index is 0.112. The first kappa shape index (κ1) is 21.3. The normalized spacial score (nSPS) is 11.5. The lowest BCUT2D eigenvalue weighted by Gasteiger charge is -2.10. The second-order valence-electron chi connectivity index (χ2n) is 6.20. The summed E-state index contributed by atoms with van der Waals surface area (Å²) in [6.07, 6.45) is -4.75. The van der Waals surface area contributed by atoms with Gasteiger partial charge >= 0.3 is 6.18 Å². The van der Waals surface area contributed by atoms with Crippen molar-refractivity contribution in [3.63, 3.8) is 0 Å². The van der Waals surface area contributed by atoms with E-state index in [4.69, 9.17) is 11.6 Å². The van der Waals surface area contributed by atoms with E-state index < -0.39 is 23.3 Å². The van der Waals surface area contributed by atoms with Gasteiger partial charge in [0.2, 0.25) is 0 Å². The molecule has 3 aromatic rings. The zero-order valence-electron chi connectivity index (χ0n) is 15.3. The average molecular weight is 440 g/mol. The smallest absolute Gasteiger partial charge is 0.348 e. The number of hydrogen-bond acceptors (Lipinski definition) is 3. The van der Waals surface area contributed by atoms with Crippen molar-refractivity contribution in [3.8, 4) is 0 Å². The van der Waals surface area contributed by atoms with Gasteiger partial charge in [0.15, 0.2) is 5.69 Å². The molecule has 0 radical (unpaired) electrons. The van der Waals surface area contributed by atoms with E-state index in [2.05, 4.69) is 10.4 Å². The SMILES string of the molecule is Cn1nc(C(F)(F)F)c(C(=O)NCc2ccccc2)c1SCc1ccccc1Cl. The predicted molar refractivity (Wildman–Crippen MR) is 107 cm³/mol. The van der Waals surface area contributed by atoms with Crippen LogP contribution in [0.15, 0.2) is 59.6 Å². The number of rotatable bonds is 6. The fraction of sp³-hybridized carbons (Fsp3) is 0.200. The molecule has 152 valence electrons. The fourth-order valence-electron chi connectivity index (χ4n) is 2.71. The second-order valence-corrected chi connectivity index (χ2v) is 7.57. The Balaban J connectivity index is 1.88. The van der Waals surface area contributed by atoms with Crippen LogP contribution in [-0.2, 0) is 25.5 Å². The molecule has 0 aliphatic heterocycles. The molecular weight excluding hydrogens is 423 g/mol. The molecular formula is C20H17ClF3N3OS. The molecule has 1 N–H and O–H groups in total. The molecule has 0 atom stereocenters. The summed E-state index contributed by atoms with van der Waals surface area (Å²) < 4.78 is 41.6. The van der Waals surface area contributed by atoms with Gasteiger partial charge in [-0.3, -0.25) is 9.48 Å². The van der Waals surface area contributed by atoms with Crippen molar-refractivity contribution in [1.82, 2.24) is 15.1 Å². The number of aryl methyl sites for hydroxylation is 1. The lowest BCUT2D eigenvalue weighted by atomic mass is 10.2. The van der Waals surface area contributed by atoms with E-state index in [1.165, 1.54) is 7.05 Å². The summed E-state index contributed by atoms with van der Waals surface area (Å²) in [5.74, 6) is -0.522. The average Bonchev–Trinajstić information content (AvgIpc) is 3.03. The topological polar surface area (TPSA) is 46.9 Å². The highest BCUT2D eigenvalue weighted by Gasteiger charge is 2.41. The predicted octanol–water partition coefficient (Wildman–Crippen LogP) is 5.31. The summed E-state index contributed by atoms with van der Waals surface area (Å²) in [4.78, 5) is 12.7. The zero-order chi connectivity index (χ0) is 21.0. The van der Waals surface area contributed by atoms with Crippen LogP contribution in [0.25, 0.3) is 0 Å². The molecule has 0 saturated heterocycles. The van der Waals surface area contributed by atoms with E-state index in [0.29, 0.717) is 10.8 Å². The van der Waals surface area contributed by atoms with Crippen LogP contribution in [0, 0.1) is 0 Å². The lowest BCUT2D eigenvalue weighted by Crippen LogP contribution is -2.26. The van der Waals surface area contributed by atoms with Gasteiger partial charge in [-0.25, -0.2) is 0 Å². The first-order valence-electron chi connectivity index (χ1n) is 8.60. The lowest BCUT2D eigenvalue weighted by molar-refractivity contribution is -0.141. The van der Waals surface area contributed by atoms with Crippen LogP contribution >= 0.6 is 23.4 Å². The number of hydrogen-bond donors (Lipinski definition) is 1. The Hall–Kier alpha value is -2.45. The number of thioether (sulfide) groups is 1. The van der Waals surface area contributed by atoms with Crippen molar-refractivity contribution in [2.24, 2.45) is 7.05 Å². The number of nitrogens with one attached hydrogen (secondary N) is 1. The number of carbonyl (C=O) groups is 1. The van der Waals surface area contributed by atoms with E-state index >= 15 is 0 Å². The van der Waals surface area contributed by atoms with Gasteiger partial charge in [0.25, 0.3) is 5.91 Å². The molecule has 1 aromatic heterocycles. The fourth-order valence-corrected chi connectivity index (χ4v) is 4.09. The number of amides is 1. The summed E-state index contributed by atoms with van der Waals surface area (Å²) >= 11 is 7.22. The minimum atomic E-state index is -4.75. The number of benzene rings is 2. The van der Waals surface area contributed by atoms with Gasteiger partial charge in [0, 0.05) is 24.4 Å². The quantitative estimate of drug-likeness (QED) is 0.529. The second kappa shape index (κ2) is 8.92. The Bertz CT molecular complexity index is 1010. The van der Waals surface area contributed by atoms with Crippen molar-refractivity contribution >= 4 is 29.3 Å². The third kappa shape index (κ3) is 5.13. The van der Waals surface area contributed by atoms with Crippen LogP contribution in [0.2, 0.25) is 5.02 Å². The maximum atomic E-state index is 13.5. The van der Waals surface area contributed by atoms with Crippen LogP contribution in [-0.4, -0.2) is 15.7 Å². The van der Waals surface area contributed by atoms with E-state index in [0.717, 1.165) is 27.6 Å². The van der Waals surface area contributed by atoms with Crippen molar-refractivity contribution in [2.45, 2.75) is 23.5 Å². The van der Waals surface area contributed by atoms with Crippen molar-refractivity contribution < 1.29 is 18.0 Å². The molecule has 29 heavy (non-hydrogen) atoms. The Labute approximate surface area is 175 Å². The molecule has 0 bridgehead atoms. The van der Waals surface area contributed by atoms with Crippen LogP contribution in [0.4, 0.5) is 13.2 Å². The maximum absolute atomic E-state index is 13.5. The highest BCUT2D eigenvalue weighted by molar-refractivity contribution is 7.98. The monoisotopic (exact) mass is 439 g/mol. The van der Waals surface area contributed by atoms with Gasteiger partial charge in [-0.1, -0.05) is 60.1 Å². The summed E-state index contributed by atoms with van der Waals surface area (Å²) in [5.41, 5.74) is -0.145. The number of aromatic nitrogens is 2. The molecule has 4 nitrogen and oxygen atoms in total. The number of alkyl halides is 3. The summed E-state index contributed by atoms with van der Waals surface area (Å²) in [6.45, 7) is 0.112. The maximum Gasteiger partial charge on any atom is 0.436 e. The van der Waals surface area contributed by atoms with Crippen LogP contribution < -0.4 is 5.32 Å². The van der Waals surface area contributed by atoms with Gasteiger partial charge in [-0.15, -0.1) is 11.8 Å². The van der Waals surface area contributed by atoms with Crippen LogP contribution in [0.1, 0.15) is 27.2 Å². The van der Waals surface area contributed by atoms with Crippen molar-refractivity contribution in [3.05, 3.63) is 82.0 Å². The third-order valence-electron chi connectivity index (χ3n) is 4.11. The summed E-state index contributed by atoms with van der Waals surface area (Å²) in [5, 5.41) is 6.76. The minimum Gasteiger partial charge on any atom is -0.348 e. The van der Waals surface area contributed by atoms with Crippen molar-refractivity contribution in [1.29, 1.82) is 0 Å². The molecule has 0 spiro atoms. The largest absolute Gasteiger partial charge is 0.436 e. The molecule has 0 unspecified atom stereocenters. The van der Waals surface area contributed by atoms with Crippen LogP contribution in [0.5, 0.6) is 0 Å². The third-order valence-corrected chi connectivity index (χ3v) is 5.67. The molecule has 9 heteroatoms. The van der Waals surface area contributed by atoms with Gasteiger partial charge < -0.3 is 5.32 Å². The number of halogens is 4. The first-order valence-corrected chi connectivity index (χ1v) is 9.96. The Morgan fingerprint density at radius 2 is 1.79 bits per heavy atom. The first-order chi connectivity index (χ1) is 13.8. The Morgan fingerprint density at radius 3 is 2.45 bits per heavy atom. The Kier molecular flexibility index (Phi) is 6.54. The molecule has 0 aliphatic rings. The molecule has 0 saturated carbocycles. The molecule has 2 aromatic carbocycles. The molecule has 3 rings (SSSR count). The van der Waals surface area contributed by atoms with Crippen LogP contribution in [0.3, 0.4) is 0 Å². The van der Waals surface area contributed by atoms with Gasteiger partial charge in [-0.2, -0.15) is 18.3 Å². The molecule has 0 aliphatic carbocycles. The molecule has 0 fully saturated rings. The molecule has 1 amide bonds. The highest BCUT2D eigenvalue weighted by atomic mass is 35.5. The van der Waals surface area contributed by atoms with Gasteiger partial charge in [-0.05, 0) is 17.2 Å². The standard InChI is InChI=1S/C20H17ClF3N3OS/c1-27-19(29-12-14-9-5-6-10-15(14)21)16(17(26-27)20(22,23)24)18(28)25-11-13-7-3-2-4-8-13/h2-10H,11-12H2,1H3,(H,25,28). The van der Waals surface area contributed by atoms with E-state index in [1.54, 1.807) is 48.5 Å². The van der Waals surface area contributed by atoms with Gasteiger partial charge in [0.1, 0.15) is 10.6 Å². The summed E-state index contributed by atoms with van der Waals surface area (Å²) in [7, 11) is 1.39. The van der Waals surface area contributed by atoms with E-state index in [-0.39, 0.29) is 11.6 Å². The Morgan fingerprint density at radius 1 is 1.14 bits per heavy atom. The zero-order valence-corrected chi connectivity index (χ0v) is 16.9. The number of carbonyl (C=O) groups excluding carboxylic acids is 1. The molecule has 1 heterocycles.